The van der Waals surface area contributed by atoms with Crippen molar-refractivity contribution >= 4 is 28.1 Å². The minimum atomic E-state index is 0.0581. The average Bonchev–Trinajstić information content (AvgIpc) is 3.10. The van der Waals surface area contributed by atoms with E-state index < -0.39 is 0 Å². The molecule has 0 atom stereocenters. The number of hydrogen-bond donors (Lipinski definition) is 1. The average molecular weight is 299 g/mol. The molecule has 2 aromatic heterocycles. The van der Waals surface area contributed by atoms with Crippen LogP contribution >= 0.6 is 11.3 Å². The quantitative estimate of drug-likeness (QED) is 0.800. The van der Waals surface area contributed by atoms with Gasteiger partial charge in [-0.25, -0.2) is 4.98 Å². The lowest BCUT2D eigenvalue weighted by Crippen LogP contribution is -2.30. The number of H-pyrrole nitrogens is 1. The molecule has 0 radical (unpaired) electrons. The summed E-state index contributed by atoms with van der Waals surface area (Å²) >= 11 is 1.41. The second-order valence-electron chi connectivity index (χ2n) is 4.95. The number of hydrogen-bond acceptors (Lipinski definition) is 3. The van der Waals surface area contributed by atoms with Gasteiger partial charge in [0.25, 0.3) is 5.91 Å². The van der Waals surface area contributed by atoms with E-state index in [0.29, 0.717) is 13.1 Å². The molecule has 1 aromatic carbocycles. The van der Waals surface area contributed by atoms with Crippen molar-refractivity contribution in [3.05, 3.63) is 52.1 Å². The van der Waals surface area contributed by atoms with Crippen LogP contribution in [0.5, 0.6) is 0 Å². The summed E-state index contributed by atoms with van der Waals surface area (Å²) in [6.07, 6.45) is 1.99. The topological polar surface area (TPSA) is 49.0 Å². The molecular formula is C16H17N3OS. The van der Waals surface area contributed by atoms with E-state index in [9.17, 15) is 4.79 Å². The van der Waals surface area contributed by atoms with Crippen LogP contribution in [0.15, 0.2) is 36.0 Å². The van der Waals surface area contributed by atoms with Gasteiger partial charge in [0, 0.05) is 30.2 Å². The first-order valence-electron chi connectivity index (χ1n) is 6.95. The Hall–Kier alpha value is -2.14. The van der Waals surface area contributed by atoms with Crippen LogP contribution in [0, 0.1) is 6.92 Å². The number of aryl methyl sites for hydroxylation is 1. The molecule has 0 saturated heterocycles. The smallest absolute Gasteiger partial charge is 0.266 e. The fraction of sp³-hybridized carbons (Fsp3) is 0.250. The number of aromatic nitrogens is 2. The highest BCUT2D eigenvalue weighted by Gasteiger charge is 2.19. The van der Waals surface area contributed by atoms with Gasteiger partial charge in [0.1, 0.15) is 4.88 Å². The summed E-state index contributed by atoms with van der Waals surface area (Å²) in [6, 6.07) is 8.15. The summed E-state index contributed by atoms with van der Waals surface area (Å²) in [5.74, 6) is 0.0581. The van der Waals surface area contributed by atoms with E-state index in [-0.39, 0.29) is 5.91 Å². The van der Waals surface area contributed by atoms with E-state index in [1.54, 1.807) is 5.51 Å². The van der Waals surface area contributed by atoms with E-state index >= 15 is 0 Å². The van der Waals surface area contributed by atoms with Gasteiger partial charge >= 0.3 is 0 Å². The van der Waals surface area contributed by atoms with Crippen molar-refractivity contribution in [3.8, 4) is 0 Å². The third-order valence-corrected chi connectivity index (χ3v) is 4.56. The molecule has 4 nitrogen and oxygen atoms in total. The molecule has 1 amide bonds. The van der Waals surface area contributed by atoms with E-state index in [1.165, 1.54) is 16.7 Å². The second kappa shape index (κ2) is 5.69. The zero-order chi connectivity index (χ0) is 14.8. The van der Waals surface area contributed by atoms with Crippen LogP contribution in [0.1, 0.15) is 27.9 Å². The molecule has 0 unspecified atom stereocenters. The summed E-state index contributed by atoms with van der Waals surface area (Å²) in [7, 11) is 0. The number of fused-ring (bicyclic) bond motifs is 1. The Labute approximate surface area is 127 Å². The van der Waals surface area contributed by atoms with Gasteiger partial charge < -0.3 is 9.88 Å². The molecule has 0 fully saturated rings. The number of nitrogens with one attached hydrogen (secondary N) is 1. The number of benzene rings is 1. The maximum atomic E-state index is 12.6. The van der Waals surface area contributed by atoms with Crippen LogP contribution in [-0.2, 0) is 6.54 Å². The maximum absolute atomic E-state index is 12.6. The van der Waals surface area contributed by atoms with E-state index in [2.05, 4.69) is 16.0 Å². The van der Waals surface area contributed by atoms with Gasteiger partial charge in [0.2, 0.25) is 0 Å². The lowest BCUT2D eigenvalue weighted by atomic mass is 10.1. The number of thiazole rings is 1. The summed E-state index contributed by atoms with van der Waals surface area (Å²) < 4.78 is 0. The second-order valence-corrected chi connectivity index (χ2v) is 5.80. The van der Waals surface area contributed by atoms with Gasteiger partial charge in [-0.3, -0.25) is 4.79 Å². The van der Waals surface area contributed by atoms with Gasteiger partial charge in [-0.1, -0.05) is 18.2 Å². The Kier molecular flexibility index (Phi) is 3.75. The molecule has 0 saturated carbocycles. The Morgan fingerprint density at radius 2 is 2.19 bits per heavy atom. The SMILES string of the molecule is CCN(Cc1c[nH]c2ccccc12)C(=O)c1scnc1C. The first-order valence-corrected chi connectivity index (χ1v) is 7.83. The number of nitrogens with zero attached hydrogens (tertiary/aromatic N) is 2. The van der Waals surface area contributed by atoms with Crippen LogP contribution < -0.4 is 0 Å². The van der Waals surface area contributed by atoms with Gasteiger partial charge in [-0.2, -0.15) is 0 Å². The summed E-state index contributed by atoms with van der Waals surface area (Å²) in [5.41, 5.74) is 4.78. The summed E-state index contributed by atoms with van der Waals surface area (Å²) in [4.78, 5) is 22.6. The monoisotopic (exact) mass is 299 g/mol. The normalized spacial score (nSPS) is 11.0. The molecule has 108 valence electrons. The van der Waals surface area contributed by atoms with Gasteiger partial charge in [0.15, 0.2) is 0 Å². The number of carbonyl (C=O) groups excluding carboxylic acids is 1. The van der Waals surface area contributed by atoms with Gasteiger partial charge in [-0.15, -0.1) is 11.3 Å². The maximum Gasteiger partial charge on any atom is 0.266 e. The number of carbonyl (C=O) groups is 1. The molecule has 3 aromatic rings. The molecule has 2 heterocycles. The fourth-order valence-corrected chi connectivity index (χ4v) is 3.22. The molecule has 0 bridgehead atoms. The van der Waals surface area contributed by atoms with Crippen molar-refractivity contribution in [1.29, 1.82) is 0 Å². The lowest BCUT2D eigenvalue weighted by Gasteiger charge is -2.20. The van der Waals surface area contributed by atoms with Crippen LogP contribution in [0.25, 0.3) is 10.9 Å². The Morgan fingerprint density at radius 3 is 2.90 bits per heavy atom. The highest BCUT2D eigenvalue weighted by atomic mass is 32.1. The number of rotatable bonds is 4. The molecule has 1 N–H and O–H groups in total. The van der Waals surface area contributed by atoms with Crippen molar-refractivity contribution in [1.82, 2.24) is 14.9 Å². The van der Waals surface area contributed by atoms with Gasteiger partial charge in [0.05, 0.1) is 11.2 Å². The first-order chi connectivity index (χ1) is 10.2. The van der Waals surface area contributed by atoms with Crippen molar-refractivity contribution in [2.24, 2.45) is 0 Å². The van der Waals surface area contributed by atoms with Crippen LogP contribution in [0.4, 0.5) is 0 Å². The predicted octanol–water partition coefficient (Wildman–Crippen LogP) is 3.60. The number of para-hydroxylation sites is 1. The molecule has 0 aliphatic heterocycles. The predicted molar refractivity (Wildman–Crippen MR) is 85.6 cm³/mol. The molecule has 0 spiro atoms. The number of aromatic amines is 1. The largest absolute Gasteiger partial charge is 0.361 e. The van der Waals surface area contributed by atoms with Crippen LogP contribution in [-0.4, -0.2) is 27.3 Å². The third kappa shape index (κ3) is 2.56. The molecule has 0 aliphatic carbocycles. The van der Waals surface area contributed by atoms with E-state index in [4.69, 9.17) is 0 Å². The Balaban J connectivity index is 1.88. The van der Waals surface area contributed by atoms with Crippen molar-refractivity contribution < 1.29 is 4.79 Å². The van der Waals surface area contributed by atoms with Crippen molar-refractivity contribution in [2.45, 2.75) is 20.4 Å². The summed E-state index contributed by atoms with van der Waals surface area (Å²) in [6.45, 7) is 5.17. The minimum absolute atomic E-state index is 0.0581. The highest BCUT2D eigenvalue weighted by molar-refractivity contribution is 7.11. The zero-order valence-corrected chi connectivity index (χ0v) is 12.9. The Morgan fingerprint density at radius 1 is 1.38 bits per heavy atom. The summed E-state index contributed by atoms with van der Waals surface area (Å²) in [5, 5.41) is 1.17. The molecular weight excluding hydrogens is 282 g/mol. The van der Waals surface area contributed by atoms with Crippen LogP contribution in [0.3, 0.4) is 0 Å². The molecule has 5 heteroatoms. The van der Waals surface area contributed by atoms with Crippen molar-refractivity contribution in [2.75, 3.05) is 6.54 Å². The molecule has 21 heavy (non-hydrogen) atoms. The Bertz CT molecular complexity index is 775. The van der Waals surface area contributed by atoms with Crippen LogP contribution in [0.2, 0.25) is 0 Å². The fourth-order valence-electron chi connectivity index (χ4n) is 2.45. The highest BCUT2D eigenvalue weighted by Crippen LogP contribution is 2.21. The zero-order valence-electron chi connectivity index (χ0n) is 12.1. The van der Waals surface area contributed by atoms with Crippen molar-refractivity contribution in [3.63, 3.8) is 0 Å². The standard InChI is InChI=1S/C16H17N3OS/c1-3-19(16(20)15-11(2)18-10-21-15)9-12-8-17-14-7-5-4-6-13(12)14/h4-8,10,17H,3,9H2,1-2H3. The molecule has 0 aliphatic rings. The van der Waals surface area contributed by atoms with E-state index in [1.807, 2.05) is 43.1 Å². The lowest BCUT2D eigenvalue weighted by molar-refractivity contribution is 0.0757. The molecule has 3 rings (SSSR count). The minimum Gasteiger partial charge on any atom is -0.361 e. The van der Waals surface area contributed by atoms with Gasteiger partial charge in [-0.05, 0) is 25.5 Å². The third-order valence-electron chi connectivity index (χ3n) is 3.64. The van der Waals surface area contributed by atoms with E-state index in [0.717, 1.165) is 21.7 Å². The number of amides is 1. The first kappa shape index (κ1) is 13.8.